The molecule has 1 aliphatic rings. The van der Waals surface area contributed by atoms with Crippen LogP contribution >= 0.6 is 0 Å². The molecule has 0 atom stereocenters. The molecule has 0 unspecified atom stereocenters. The minimum Gasteiger partial charge on any atom is -0.326 e. The number of hydrogen-bond acceptors (Lipinski definition) is 3. The summed E-state index contributed by atoms with van der Waals surface area (Å²) in [4.78, 5) is 24.0. The van der Waals surface area contributed by atoms with E-state index in [0.717, 1.165) is 24.1 Å². The van der Waals surface area contributed by atoms with Crippen molar-refractivity contribution in [3.05, 3.63) is 59.2 Å². The van der Waals surface area contributed by atoms with Gasteiger partial charge in [0.05, 0.1) is 11.3 Å². The lowest BCUT2D eigenvalue weighted by atomic mass is 10.0. The van der Waals surface area contributed by atoms with Gasteiger partial charge < -0.3 is 10.6 Å². The van der Waals surface area contributed by atoms with E-state index in [0.29, 0.717) is 23.2 Å². The Bertz CT molecular complexity index is 821. The molecule has 0 aromatic heterocycles. The first-order chi connectivity index (χ1) is 11.2. The molecule has 114 valence electrons. The summed E-state index contributed by atoms with van der Waals surface area (Å²) in [5.74, 6) is -0.269. The molecule has 2 amide bonds. The van der Waals surface area contributed by atoms with E-state index in [2.05, 4.69) is 16.7 Å². The lowest BCUT2D eigenvalue weighted by Gasteiger charge is -2.10. The van der Waals surface area contributed by atoms with E-state index in [1.54, 1.807) is 42.5 Å². The molecule has 5 heteroatoms. The molecule has 2 aromatic rings. The number of fused-ring (bicyclic) bond motifs is 1. The highest BCUT2D eigenvalue weighted by atomic mass is 16.2. The predicted molar refractivity (Wildman–Crippen MR) is 87.1 cm³/mol. The summed E-state index contributed by atoms with van der Waals surface area (Å²) >= 11 is 0. The second kappa shape index (κ2) is 6.32. The van der Waals surface area contributed by atoms with Crippen LogP contribution in [0.1, 0.15) is 34.3 Å². The van der Waals surface area contributed by atoms with Gasteiger partial charge in [-0.3, -0.25) is 9.59 Å². The molecule has 5 nitrogen and oxygen atoms in total. The summed E-state index contributed by atoms with van der Waals surface area (Å²) in [6, 6.07) is 14.1. The molecule has 0 aliphatic carbocycles. The second-order valence-electron chi connectivity index (χ2n) is 5.39. The molecular formula is C18H15N3O2. The maximum Gasteiger partial charge on any atom is 0.255 e. The Balaban J connectivity index is 1.85. The molecule has 1 heterocycles. The van der Waals surface area contributed by atoms with Crippen molar-refractivity contribution in [2.45, 2.75) is 19.3 Å². The minimum atomic E-state index is -0.272. The van der Waals surface area contributed by atoms with E-state index < -0.39 is 0 Å². The lowest BCUT2D eigenvalue weighted by molar-refractivity contribution is -0.116. The molecule has 1 aliphatic heterocycles. The number of amides is 2. The third-order valence-corrected chi connectivity index (χ3v) is 3.79. The summed E-state index contributed by atoms with van der Waals surface area (Å²) < 4.78 is 0. The molecule has 0 radical (unpaired) electrons. The van der Waals surface area contributed by atoms with Gasteiger partial charge in [-0.05, 0) is 48.7 Å². The van der Waals surface area contributed by atoms with Crippen LogP contribution in [0.5, 0.6) is 0 Å². The zero-order chi connectivity index (χ0) is 16.2. The van der Waals surface area contributed by atoms with Gasteiger partial charge in [0, 0.05) is 17.7 Å². The first-order valence-corrected chi connectivity index (χ1v) is 7.40. The van der Waals surface area contributed by atoms with E-state index in [1.807, 2.05) is 0 Å². The first kappa shape index (κ1) is 14.8. The molecule has 23 heavy (non-hydrogen) atoms. The fourth-order valence-electron chi connectivity index (χ4n) is 2.60. The van der Waals surface area contributed by atoms with Gasteiger partial charge >= 0.3 is 0 Å². The van der Waals surface area contributed by atoms with E-state index in [-0.39, 0.29) is 11.8 Å². The van der Waals surface area contributed by atoms with Gasteiger partial charge in [-0.25, -0.2) is 0 Å². The Labute approximate surface area is 133 Å². The summed E-state index contributed by atoms with van der Waals surface area (Å²) in [6.45, 7) is 0. The highest BCUT2D eigenvalue weighted by molar-refractivity contribution is 6.05. The van der Waals surface area contributed by atoms with Gasteiger partial charge in [0.15, 0.2) is 0 Å². The Morgan fingerprint density at radius 3 is 2.83 bits per heavy atom. The number of rotatable bonds is 2. The van der Waals surface area contributed by atoms with Crippen molar-refractivity contribution >= 4 is 23.2 Å². The maximum absolute atomic E-state index is 12.4. The van der Waals surface area contributed by atoms with Crippen molar-refractivity contribution in [1.82, 2.24) is 0 Å². The molecule has 0 saturated heterocycles. The zero-order valence-electron chi connectivity index (χ0n) is 12.4. The maximum atomic E-state index is 12.4. The van der Waals surface area contributed by atoms with Gasteiger partial charge in [0.1, 0.15) is 6.07 Å². The summed E-state index contributed by atoms with van der Waals surface area (Å²) in [5, 5.41) is 14.7. The number of hydrogen-bond donors (Lipinski definition) is 2. The molecule has 2 aromatic carbocycles. The number of nitrogens with zero attached hydrogens (tertiary/aromatic N) is 1. The van der Waals surface area contributed by atoms with E-state index in [1.165, 1.54) is 0 Å². The molecule has 0 spiro atoms. The van der Waals surface area contributed by atoms with Crippen LogP contribution in [0.4, 0.5) is 11.4 Å². The normalized spacial score (nSPS) is 13.3. The molecule has 0 saturated carbocycles. The number of aryl methyl sites for hydroxylation is 1. The number of carbonyl (C=O) groups is 2. The number of nitriles is 1. The van der Waals surface area contributed by atoms with Gasteiger partial charge in [0.25, 0.3) is 5.91 Å². The third-order valence-electron chi connectivity index (χ3n) is 3.79. The Hall–Kier alpha value is -3.13. The van der Waals surface area contributed by atoms with Crippen molar-refractivity contribution in [2.75, 3.05) is 10.6 Å². The standard InChI is InChI=1S/C18H15N3O2/c19-11-14-4-1-2-6-15(14)21-18(23)13-8-9-16-12(10-13)5-3-7-17(22)20-16/h1-2,4,6,8-10H,3,5,7H2,(H,20,22)(H,21,23). The second-order valence-corrected chi connectivity index (χ2v) is 5.39. The van der Waals surface area contributed by atoms with Gasteiger partial charge in [-0.2, -0.15) is 5.26 Å². The quantitative estimate of drug-likeness (QED) is 0.894. The molecule has 2 N–H and O–H groups in total. The molecule has 3 rings (SSSR count). The van der Waals surface area contributed by atoms with Crippen LogP contribution in [0, 0.1) is 11.3 Å². The largest absolute Gasteiger partial charge is 0.326 e. The van der Waals surface area contributed by atoms with Crippen LogP contribution in [0.2, 0.25) is 0 Å². The van der Waals surface area contributed by atoms with Crippen LogP contribution in [0.25, 0.3) is 0 Å². The fraction of sp³-hybridized carbons (Fsp3) is 0.167. The highest BCUT2D eigenvalue weighted by Crippen LogP contribution is 2.24. The van der Waals surface area contributed by atoms with Gasteiger partial charge in [0.2, 0.25) is 5.91 Å². The van der Waals surface area contributed by atoms with Crippen molar-refractivity contribution in [3.63, 3.8) is 0 Å². The van der Waals surface area contributed by atoms with Crippen molar-refractivity contribution in [1.29, 1.82) is 5.26 Å². The Morgan fingerprint density at radius 1 is 1.17 bits per heavy atom. The van der Waals surface area contributed by atoms with Crippen LogP contribution in [0.15, 0.2) is 42.5 Å². The van der Waals surface area contributed by atoms with E-state index >= 15 is 0 Å². The highest BCUT2D eigenvalue weighted by Gasteiger charge is 2.15. The minimum absolute atomic E-state index is 0.00361. The number of para-hydroxylation sites is 1. The topological polar surface area (TPSA) is 82.0 Å². The van der Waals surface area contributed by atoms with Gasteiger partial charge in [-0.1, -0.05) is 12.1 Å². The van der Waals surface area contributed by atoms with Crippen molar-refractivity contribution in [2.24, 2.45) is 0 Å². The molecule has 0 bridgehead atoms. The smallest absolute Gasteiger partial charge is 0.255 e. The van der Waals surface area contributed by atoms with Crippen LogP contribution < -0.4 is 10.6 Å². The summed E-state index contributed by atoms with van der Waals surface area (Å²) in [5.41, 5.74) is 3.14. The Morgan fingerprint density at radius 2 is 2.00 bits per heavy atom. The van der Waals surface area contributed by atoms with Crippen molar-refractivity contribution < 1.29 is 9.59 Å². The number of anilines is 2. The fourth-order valence-corrected chi connectivity index (χ4v) is 2.60. The summed E-state index contributed by atoms with van der Waals surface area (Å²) in [6.07, 6.45) is 2.01. The predicted octanol–water partition coefficient (Wildman–Crippen LogP) is 3.09. The Kier molecular flexibility index (Phi) is 4.07. The lowest BCUT2D eigenvalue weighted by Crippen LogP contribution is -2.14. The van der Waals surface area contributed by atoms with Crippen LogP contribution in [0.3, 0.4) is 0 Å². The number of benzene rings is 2. The monoisotopic (exact) mass is 305 g/mol. The van der Waals surface area contributed by atoms with Gasteiger partial charge in [-0.15, -0.1) is 0 Å². The zero-order valence-corrected chi connectivity index (χ0v) is 12.4. The average Bonchev–Trinajstić information content (AvgIpc) is 2.75. The third kappa shape index (κ3) is 3.22. The molecular weight excluding hydrogens is 290 g/mol. The van der Waals surface area contributed by atoms with E-state index in [9.17, 15) is 9.59 Å². The number of carbonyl (C=O) groups excluding carboxylic acids is 2. The van der Waals surface area contributed by atoms with Crippen LogP contribution in [-0.4, -0.2) is 11.8 Å². The SMILES string of the molecule is N#Cc1ccccc1NC(=O)c1ccc2c(c1)CCCC(=O)N2. The van der Waals surface area contributed by atoms with Crippen LogP contribution in [-0.2, 0) is 11.2 Å². The van der Waals surface area contributed by atoms with E-state index in [4.69, 9.17) is 5.26 Å². The average molecular weight is 305 g/mol. The molecule has 0 fully saturated rings. The van der Waals surface area contributed by atoms with Crippen molar-refractivity contribution in [3.8, 4) is 6.07 Å². The number of nitrogens with one attached hydrogen (secondary N) is 2. The summed E-state index contributed by atoms with van der Waals surface area (Å²) in [7, 11) is 0. The first-order valence-electron chi connectivity index (χ1n) is 7.40.